The van der Waals surface area contributed by atoms with Crippen LogP contribution in [0.1, 0.15) is 25.8 Å². The Kier molecular flexibility index (Phi) is 5.82. The third-order valence-electron chi connectivity index (χ3n) is 3.72. The number of carbonyl (C=O) groups excluding carboxylic acids is 2. The number of aliphatic imine (C=N–C) groups is 1. The van der Waals surface area contributed by atoms with Crippen molar-refractivity contribution in [1.82, 2.24) is 4.90 Å². The number of carbonyl (C=O) groups is 2. The number of allylic oxidation sites excluding steroid dienone is 1. The average Bonchev–Trinajstić information content (AvgIpc) is 2.69. The van der Waals surface area contributed by atoms with Gasteiger partial charge >= 0.3 is 0 Å². The molecule has 2 N–H and O–H groups in total. The van der Waals surface area contributed by atoms with Crippen LogP contribution in [-0.2, 0) is 16.0 Å². The number of hydrogen-bond donors (Lipinski definition) is 1. The van der Waals surface area contributed by atoms with Gasteiger partial charge in [-0.3, -0.25) is 9.59 Å². The van der Waals surface area contributed by atoms with Crippen LogP contribution in [0.5, 0.6) is 0 Å². The Morgan fingerprint density at radius 2 is 2.00 bits per heavy atom. The van der Waals surface area contributed by atoms with Gasteiger partial charge in [0.25, 0.3) is 5.91 Å². The van der Waals surface area contributed by atoms with Gasteiger partial charge in [-0.25, -0.2) is 4.99 Å². The Hall–Kier alpha value is -2.27. The van der Waals surface area contributed by atoms with Crippen molar-refractivity contribution in [2.24, 2.45) is 16.6 Å². The van der Waals surface area contributed by atoms with Crippen molar-refractivity contribution in [3.63, 3.8) is 0 Å². The van der Waals surface area contributed by atoms with E-state index in [1.54, 1.807) is 12.3 Å². The van der Waals surface area contributed by atoms with E-state index in [1.165, 1.54) is 11.1 Å². The van der Waals surface area contributed by atoms with E-state index in [2.05, 4.69) is 4.99 Å². The van der Waals surface area contributed by atoms with Gasteiger partial charge in [0.15, 0.2) is 0 Å². The highest BCUT2D eigenvalue weighted by molar-refractivity contribution is 5.97. The van der Waals surface area contributed by atoms with Crippen LogP contribution < -0.4 is 5.73 Å². The molecule has 0 saturated carbocycles. The zero-order valence-electron chi connectivity index (χ0n) is 13.6. The topological polar surface area (TPSA) is 75.8 Å². The molecule has 2 rings (SSSR count). The number of nitrogens with zero attached hydrogens (tertiary/aromatic N) is 2. The molecule has 0 aliphatic carbocycles. The van der Waals surface area contributed by atoms with Gasteiger partial charge in [-0.2, -0.15) is 0 Å². The Bertz CT molecular complexity index is 608. The van der Waals surface area contributed by atoms with Crippen LogP contribution in [0.3, 0.4) is 0 Å². The lowest BCUT2D eigenvalue weighted by atomic mass is 10.00. The lowest BCUT2D eigenvalue weighted by Crippen LogP contribution is -2.49. The molecule has 2 atom stereocenters. The summed E-state index contributed by atoms with van der Waals surface area (Å²) in [5.74, 6) is -0.287. The predicted molar refractivity (Wildman–Crippen MR) is 90.8 cm³/mol. The van der Waals surface area contributed by atoms with Crippen LogP contribution >= 0.6 is 0 Å². The normalized spacial score (nSPS) is 19.0. The maximum absolute atomic E-state index is 12.7. The fourth-order valence-corrected chi connectivity index (χ4v) is 2.59. The van der Waals surface area contributed by atoms with Crippen LogP contribution in [-0.4, -0.2) is 35.0 Å². The van der Waals surface area contributed by atoms with Gasteiger partial charge in [-0.05, 0) is 30.4 Å². The number of rotatable bonds is 5. The Morgan fingerprint density at radius 3 is 2.65 bits per heavy atom. The molecule has 122 valence electrons. The first kappa shape index (κ1) is 17.1. The van der Waals surface area contributed by atoms with Crippen molar-refractivity contribution in [2.45, 2.75) is 38.8 Å². The summed E-state index contributed by atoms with van der Waals surface area (Å²) in [7, 11) is 0. The zero-order valence-corrected chi connectivity index (χ0v) is 13.6. The van der Waals surface area contributed by atoms with Crippen molar-refractivity contribution in [3.8, 4) is 0 Å². The highest BCUT2D eigenvalue weighted by atomic mass is 16.2. The number of benzene rings is 1. The second-order valence-electron chi connectivity index (χ2n) is 6.15. The Labute approximate surface area is 136 Å². The van der Waals surface area contributed by atoms with Crippen LogP contribution in [0.15, 0.2) is 47.6 Å². The molecule has 2 unspecified atom stereocenters. The van der Waals surface area contributed by atoms with Crippen LogP contribution in [0.25, 0.3) is 0 Å². The minimum absolute atomic E-state index is 0.255. The molecule has 5 nitrogen and oxygen atoms in total. The van der Waals surface area contributed by atoms with Crippen molar-refractivity contribution in [3.05, 3.63) is 48.2 Å². The molecule has 0 radical (unpaired) electrons. The van der Waals surface area contributed by atoms with Gasteiger partial charge in [0.1, 0.15) is 6.04 Å². The minimum Gasteiger partial charge on any atom is -0.320 e. The molecule has 1 heterocycles. The quantitative estimate of drug-likeness (QED) is 0.902. The van der Waals surface area contributed by atoms with E-state index < -0.39 is 12.1 Å². The van der Waals surface area contributed by atoms with Gasteiger partial charge in [-0.1, -0.05) is 44.2 Å². The van der Waals surface area contributed by atoms with Gasteiger partial charge in [0.05, 0.1) is 6.04 Å². The minimum atomic E-state index is -0.692. The van der Waals surface area contributed by atoms with Crippen LogP contribution in [0.2, 0.25) is 0 Å². The van der Waals surface area contributed by atoms with Gasteiger partial charge in [0.2, 0.25) is 5.91 Å². The second kappa shape index (κ2) is 7.83. The molecular formula is C18H23N3O2. The van der Waals surface area contributed by atoms with Crippen molar-refractivity contribution < 1.29 is 9.59 Å². The van der Waals surface area contributed by atoms with Crippen molar-refractivity contribution in [2.75, 3.05) is 0 Å². The van der Waals surface area contributed by atoms with Gasteiger partial charge in [-0.15, -0.1) is 0 Å². The van der Waals surface area contributed by atoms with E-state index in [-0.39, 0.29) is 17.7 Å². The highest BCUT2D eigenvalue weighted by Gasteiger charge is 2.32. The fraction of sp³-hybridized carbons (Fsp3) is 0.389. The monoisotopic (exact) mass is 313 g/mol. The first-order valence-electron chi connectivity index (χ1n) is 7.85. The Morgan fingerprint density at radius 1 is 1.30 bits per heavy atom. The molecular weight excluding hydrogens is 290 g/mol. The third kappa shape index (κ3) is 4.60. The summed E-state index contributed by atoms with van der Waals surface area (Å²) in [6.07, 6.45) is 5.63. The summed E-state index contributed by atoms with van der Waals surface area (Å²) in [6, 6.07) is 8.34. The molecule has 0 fully saturated rings. The summed E-state index contributed by atoms with van der Waals surface area (Å²) in [5, 5.41) is 0. The van der Waals surface area contributed by atoms with Gasteiger partial charge in [0, 0.05) is 12.4 Å². The van der Waals surface area contributed by atoms with E-state index >= 15 is 0 Å². The first-order valence-corrected chi connectivity index (χ1v) is 7.85. The maximum atomic E-state index is 12.7. The average molecular weight is 313 g/mol. The molecule has 2 amide bonds. The summed E-state index contributed by atoms with van der Waals surface area (Å²) in [6.45, 7) is 4.02. The largest absolute Gasteiger partial charge is 0.320 e. The van der Waals surface area contributed by atoms with E-state index in [1.807, 2.05) is 44.2 Å². The lowest BCUT2D eigenvalue weighted by Gasteiger charge is -2.29. The van der Waals surface area contributed by atoms with E-state index in [9.17, 15) is 9.59 Å². The standard InChI is InChI=1S/C18H23N3O2/c1-13(2)11-16-17(22)20-9-6-10-21(16)18(23)15(19)12-14-7-4-3-5-8-14/h3-10,13,15-16H,11-12,19H2,1-2H3. The summed E-state index contributed by atoms with van der Waals surface area (Å²) in [4.78, 5) is 30.2. The van der Waals surface area contributed by atoms with E-state index in [0.29, 0.717) is 12.8 Å². The molecule has 0 spiro atoms. The molecule has 1 aromatic rings. The van der Waals surface area contributed by atoms with Crippen LogP contribution in [0.4, 0.5) is 0 Å². The summed E-state index contributed by atoms with van der Waals surface area (Å²) >= 11 is 0. The third-order valence-corrected chi connectivity index (χ3v) is 3.72. The second-order valence-corrected chi connectivity index (χ2v) is 6.15. The van der Waals surface area contributed by atoms with E-state index in [0.717, 1.165) is 5.56 Å². The van der Waals surface area contributed by atoms with Crippen molar-refractivity contribution in [1.29, 1.82) is 0 Å². The smallest absolute Gasteiger partial charge is 0.268 e. The van der Waals surface area contributed by atoms with E-state index in [4.69, 9.17) is 5.73 Å². The molecule has 0 aromatic heterocycles. The zero-order chi connectivity index (χ0) is 16.8. The maximum Gasteiger partial charge on any atom is 0.268 e. The molecule has 1 aliphatic rings. The summed E-state index contributed by atoms with van der Waals surface area (Å²) in [5.41, 5.74) is 7.09. The Balaban J connectivity index is 2.15. The number of nitrogens with two attached hydrogens (primary N) is 1. The molecule has 1 aliphatic heterocycles. The molecule has 5 heteroatoms. The van der Waals surface area contributed by atoms with Crippen LogP contribution in [0, 0.1) is 5.92 Å². The lowest BCUT2D eigenvalue weighted by molar-refractivity contribution is -0.137. The number of amides is 2. The number of hydrogen-bond acceptors (Lipinski definition) is 3. The molecule has 23 heavy (non-hydrogen) atoms. The first-order chi connectivity index (χ1) is 11.0. The molecule has 1 aromatic carbocycles. The molecule has 0 bridgehead atoms. The molecule has 0 saturated heterocycles. The highest BCUT2D eigenvalue weighted by Crippen LogP contribution is 2.17. The SMILES string of the molecule is CC(C)CC1C(=O)N=CC=CN1C(=O)C(N)Cc1ccccc1. The van der Waals surface area contributed by atoms with Crippen molar-refractivity contribution >= 4 is 18.0 Å². The predicted octanol–water partition coefficient (Wildman–Crippen LogP) is 1.92. The fourth-order valence-electron chi connectivity index (χ4n) is 2.59. The summed E-state index contributed by atoms with van der Waals surface area (Å²) < 4.78 is 0. The van der Waals surface area contributed by atoms with Gasteiger partial charge < -0.3 is 10.6 Å².